The molecule has 1 saturated heterocycles. The summed E-state index contributed by atoms with van der Waals surface area (Å²) in [5.41, 5.74) is 1.66. The number of hydrogen-bond acceptors (Lipinski definition) is 4. The van der Waals surface area contributed by atoms with Crippen molar-refractivity contribution in [1.29, 1.82) is 0 Å². The minimum Gasteiger partial charge on any atom is -0.378 e. The highest BCUT2D eigenvalue weighted by atomic mass is 32.2. The first-order valence-corrected chi connectivity index (χ1v) is 9.08. The van der Waals surface area contributed by atoms with Gasteiger partial charge in [0.15, 0.2) is 0 Å². The molecule has 0 radical (unpaired) electrons. The fourth-order valence-electron chi connectivity index (χ4n) is 2.30. The van der Waals surface area contributed by atoms with Crippen molar-refractivity contribution in [2.75, 3.05) is 41.7 Å². The van der Waals surface area contributed by atoms with E-state index in [-0.39, 0.29) is 11.7 Å². The van der Waals surface area contributed by atoms with Crippen LogP contribution in [0.4, 0.5) is 11.4 Å². The van der Waals surface area contributed by atoms with E-state index in [0.29, 0.717) is 18.9 Å². The minimum atomic E-state index is -3.29. The fourth-order valence-corrected chi connectivity index (χ4v) is 3.86. The third-order valence-electron chi connectivity index (χ3n) is 3.70. The van der Waals surface area contributed by atoms with Crippen molar-refractivity contribution in [2.24, 2.45) is 5.92 Å². The van der Waals surface area contributed by atoms with Crippen LogP contribution in [0.15, 0.2) is 24.3 Å². The van der Waals surface area contributed by atoms with E-state index in [9.17, 15) is 8.42 Å². The second-order valence-electron chi connectivity index (χ2n) is 5.55. The second kappa shape index (κ2) is 7.13. The van der Waals surface area contributed by atoms with E-state index in [1.165, 1.54) is 0 Å². The van der Waals surface area contributed by atoms with Crippen LogP contribution in [-0.4, -0.2) is 40.5 Å². The van der Waals surface area contributed by atoms with Gasteiger partial charge in [-0.1, -0.05) is 26.3 Å². The van der Waals surface area contributed by atoms with Gasteiger partial charge in [0.2, 0.25) is 10.0 Å². The topological polar surface area (TPSA) is 58.6 Å². The summed E-state index contributed by atoms with van der Waals surface area (Å²) in [5, 5.41) is 0. The Morgan fingerprint density at radius 2 is 2.05 bits per heavy atom. The van der Waals surface area contributed by atoms with Crippen LogP contribution < -0.4 is 9.62 Å². The molecule has 0 amide bonds. The van der Waals surface area contributed by atoms with Crippen LogP contribution in [-0.2, 0) is 14.8 Å². The maximum atomic E-state index is 12.1. The van der Waals surface area contributed by atoms with Crippen LogP contribution in [0.3, 0.4) is 0 Å². The summed E-state index contributed by atoms with van der Waals surface area (Å²) in [7, 11) is -3.29. The van der Waals surface area contributed by atoms with Crippen LogP contribution in [0, 0.1) is 5.92 Å². The van der Waals surface area contributed by atoms with Crippen LogP contribution in [0.1, 0.15) is 20.3 Å². The summed E-state index contributed by atoms with van der Waals surface area (Å²) >= 11 is 0. The summed E-state index contributed by atoms with van der Waals surface area (Å²) in [6, 6.07) is 7.56. The van der Waals surface area contributed by atoms with E-state index in [1.54, 1.807) is 6.07 Å². The molecule has 1 atom stereocenters. The summed E-state index contributed by atoms with van der Waals surface area (Å²) in [5.74, 6) is 0.315. The van der Waals surface area contributed by atoms with Gasteiger partial charge in [-0.3, -0.25) is 4.72 Å². The van der Waals surface area contributed by atoms with E-state index >= 15 is 0 Å². The van der Waals surface area contributed by atoms with Gasteiger partial charge in [-0.15, -0.1) is 0 Å². The third-order valence-corrected chi connectivity index (χ3v) is 5.25. The number of morpholine rings is 1. The van der Waals surface area contributed by atoms with Gasteiger partial charge in [0.1, 0.15) is 0 Å². The van der Waals surface area contributed by atoms with Gasteiger partial charge in [0.25, 0.3) is 0 Å². The Bertz CT molecular complexity index is 554. The molecule has 1 aromatic rings. The lowest BCUT2D eigenvalue weighted by atomic mass is 10.2. The Morgan fingerprint density at radius 3 is 2.71 bits per heavy atom. The van der Waals surface area contributed by atoms with Crippen molar-refractivity contribution in [3.63, 3.8) is 0 Å². The molecule has 0 aliphatic carbocycles. The second-order valence-corrected chi connectivity index (χ2v) is 7.31. The summed E-state index contributed by atoms with van der Waals surface area (Å²) in [6.07, 6.45) is 0.856. The van der Waals surface area contributed by atoms with Gasteiger partial charge in [-0.25, -0.2) is 8.42 Å². The highest BCUT2D eigenvalue weighted by Gasteiger charge is 2.16. The molecule has 0 aromatic heterocycles. The SMILES string of the molecule is CC[C@@H](C)CS(=O)(=O)Nc1cccc(N2CCOCC2)c1. The van der Waals surface area contributed by atoms with Gasteiger partial charge >= 0.3 is 0 Å². The maximum Gasteiger partial charge on any atom is 0.232 e. The molecule has 0 spiro atoms. The van der Waals surface area contributed by atoms with Crippen molar-refractivity contribution in [2.45, 2.75) is 20.3 Å². The Morgan fingerprint density at radius 1 is 1.33 bits per heavy atom. The molecule has 5 nitrogen and oxygen atoms in total. The molecule has 6 heteroatoms. The first-order chi connectivity index (χ1) is 10.00. The molecule has 21 heavy (non-hydrogen) atoms. The molecule has 2 rings (SSSR count). The maximum absolute atomic E-state index is 12.1. The number of rotatable bonds is 6. The molecule has 1 N–H and O–H groups in total. The lowest BCUT2D eigenvalue weighted by Crippen LogP contribution is -2.36. The molecule has 1 fully saturated rings. The largest absolute Gasteiger partial charge is 0.378 e. The zero-order chi connectivity index (χ0) is 15.3. The zero-order valence-corrected chi connectivity index (χ0v) is 13.5. The van der Waals surface area contributed by atoms with Crippen molar-refractivity contribution < 1.29 is 13.2 Å². The van der Waals surface area contributed by atoms with Crippen LogP contribution in [0.5, 0.6) is 0 Å². The monoisotopic (exact) mass is 312 g/mol. The van der Waals surface area contributed by atoms with Crippen molar-refractivity contribution >= 4 is 21.4 Å². The first-order valence-electron chi connectivity index (χ1n) is 7.43. The summed E-state index contributed by atoms with van der Waals surface area (Å²) in [4.78, 5) is 2.20. The lowest BCUT2D eigenvalue weighted by molar-refractivity contribution is 0.122. The molecule has 1 aromatic carbocycles. The summed E-state index contributed by atoms with van der Waals surface area (Å²) in [6.45, 7) is 7.04. The number of nitrogens with zero attached hydrogens (tertiary/aromatic N) is 1. The number of anilines is 2. The summed E-state index contributed by atoms with van der Waals surface area (Å²) < 4.78 is 32.2. The van der Waals surface area contributed by atoms with Crippen LogP contribution in [0.2, 0.25) is 0 Å². The zero-order valence-electron chi connectivity index (χ0n) is 12.7. The average molecular weight is 312 g/mol. The van der Waals surface area contributed by atoms with E-state index < -0.39 is 10.0 Å². The van der Waals surface area contributed by atoms with E-state index in [0.717, 1.165) is 25.2 Å². The molecule has 118 valence electrons. The smallest absolute Gasteiger partial charge is 0.232 e. The normalized spacial score (nSPS) is 17.5. The van der Waals surface area contributed by atoms with Crippen LogP contribution in [0.25, 0.3) is 0 Å². The first kappa shape index (κ1) is 16.1. The Balaban J connectivity index is 2.06. The average Bonchev–Trinajstić information content (AvgIpc) is 2.47. The number of hydrogen-bond donors (Lipinski definition) is 1. The molecule has 0 bridgehead atoms. The van der Waals surface area contributed by atoms with E-state index in [1.807, 2.05) is 32.0 Å². The van der Waals surface area contributed by atoms with Gasteiger partial charge in [-0.2, -0.15) is 0 Å². The predicted molar refractivity (Wildman–Crippen MR) is 86.3 cm³/mol. The number of nitrogens with one attached hydrogen (secondary N) is 1. The highest BCUT2D eigenvalue weighted by Crippen LogP contribution is 2.21. The standard InChI is InChI=1S/C15H24N2O3S/c1-3-13(2)12-21(18,19)16-14-5-4-6-15(11-14)17-7-9-20-10-8-17/h4-6,11,13,16H,3,7-10,12H2,1-2H3/t13-/m1/s1. The van der Waals surface area contributed by atoms with E-state index in [2.05, 4.69) is 9.62 Å². The minimum absolute atomic E-state index is 0.157. The van der Waals surface area contributed by atoms with E-state index in [4.69, 9.17) is 4.74 Å². The van der Waals surface area contributed by atoms with Gasteiger partial charge in [-0.05, 0) is 24.1 Å². The quantitative estimate of drug-likeness (QED) is 0.876. The highest BCUT2D eigenvalue weighted by molar-refractivity contribution is 7.92. The molecular weight excluding hydrogens is 288 g/mol. The molecule has 1 aliphatic rings. The predicted octanol–water partition coefficient (Wildman–Crippen LogP) is 2.31. The third kappa shape index (κ3) is 4.89. The van der Waals surface area contributed by atoms with Crippen molar-refractivity contribution in [1.82, 2.24) is 0 Å². The molecule has 0 saturated carbocycles. The number of benzene rings is 1. The van der Waals surface area contributed by atoms with Gasteiger partial charge < -0.3 is 9.64 Å². The molecular formula is C15H24N2O3S. The van der Waals surface area contributed by atoms with Crippen LogP contribution >= 0.6 is 0 Å². The van der Waals surface area contributed by atoms with Crippen molar-refractivity contribution in [3.05, 3.63) is 24.3 Å². The lowest BCUT2D eigenvalue weighted by Gasteiger charge is -2.29. The van der Waals surface area contributed by atoms with Crippen molar-refractivity contribution in [3.8, 4) is 0 Å². The molecule has 1 aliphatic heterocycles. The Kier molecular flexibility index (Phi) is 5.47. The fraction of sp³-hybridized carbons (Fsp3) is 0.600. The molecule has 0 unspecified atom stereocenters. The Labute approximate surface area is 127 Å². The van der Waals surface area contributed by atoms with Gasteiger partial charge in [0, 0.05) is 18.8 Å². The molecule has 1 heterocycles. The van der Waals surface area contributed by atoms with Gasteiger partial charge in [0.05, 0.1) is 24.7 Å². The Hall–Kier alpha value is -1.27. The number of sulfonamides is 1. The number of ether oxygens (including phenoxy) is 1.